The van der Waals surface area contributed by atoms with Crippen molar-refractivity contribution in [3.63, 3.8) is 0 Å². The fraction of sp³-hybridized carbons (Fsp3) is 0.500. The number of nitrogens with zero attached hydrogens (tertiary/aromatic N) is 2. The van der Waals surface area contributed by atoms with Gasteiger partial charge in [-0.25, -0.2) is 4.98 Å². The molecule has 1 aromatic heterocycles. The Morgan fingerprint density at radius 3 is 2.77 bits per heavy atom. The van der Waals surface area contributed by atoms with Crippen LogP contribution in [-0.2, 0) is 6.61 Å². The van der Waals surface area contributed by atoms with Crippen LogP contribution in [0.25, 0.3) is 0 Å². The van der Waals surface area contributed by atoms with Gasteiger partial charge < -0.3 is 15.0 Å². The largest absolute Gasteiger partial charge is 0.486 e. The summed E-state index contributed by atoms with van der Waals surface area (Å²) in [5.41, 5.74) is 3.24. The van der Waals surface area contributed by atoms with Crippen LogP contribution in [-0.4, -0.2) is 42.0 Å². The van der Waals surface area contributed by atoms with Crippen molar-refractivity contribution in [2.45, 2.75) is 38.7 Å². The lowest BCUT2D eigenvalue weighted by Crippen LogP contribution is -2.30. The van der Waals surface area contributed by atoms with E-state index in [0.29, 0.717) is 24.5 Å². The second-order valence-corrected chi connectivity index (χ2v) is 7.35. The molecule has 1 fully saturated rings. The van der Waals surface area contributed by atoms with Gasteiger partial charge in [-0.15, -0.1) is 11.3 Å². The average molecular weight is 374 g/mol. The number of hydrogen-bond donors (Lipinski definition) is 1. The highest BCUT2D eigenvalue weighted by molar-refractivity contribution is 7.07. The van der Waals surface area contributed by atoms with Crippen LogP contribution in [0.1, 0.15) is 48.2 Å². The summed E-state index contributed by atoms with van der Waals surface area (Å²) >= 11 is 1.54. The lowest BCUT2D eigenvalue weighted by atomic mass is 10.2. The van der Waals surface area contributed by atoms with E-state index in [1.54, 1.807) is 11.6 Å². The van der Waals surface area contributed by atoms with E-state index in [2.05, 4.69) is 15.2 Å². The van der Waals surface area contributed by atoms with Crippen LogP contribution in [0.4, 0.5) is 0 Å². The van der Waals surface area contributed by atoms with Crippen LogP contribution in [0.5, 0.6) is 5.75 Å². The quantitative estimate of drug-likeness (QED) is 0.717. The third-order valence-corrected chi connectivity index (χ3v) is 5.26. The second kappa shape index (κ2) is 10.3. The summed E-state index contributed by atoms with van der Waals surface area (Å²) in [4.78, 5) is 19.2. The number of carbonyl (C=O) groups is 1. The zero-order valence-corrected chi connectivity index (χ0v) is 16.0. The van der Waals surface area contributed by atoms with Crippen molar-refractivity contribution in [3.05, 3.63) is 46.4 Å². The number of likely N-dealkylation sites (tertiary alicyclic amines) is 1. The van der Waals surface area contributed by atoms with Crippen LogP contribution in [0.15, 0.2) is 35.2 Å². The molecule has 3 rings (SSSR count). The van der Waals surface area contributed by atoms with E-state index in [1.165, 1.54) is 50.1 Å². The minimum absolute atomic E-state index is 0.0743. The predicted molar refractivity (Wildman–Crippen MR) is 105 cm³/mol. The number of para-hydroxylation sites is 1. The van der Waals surface area contributed by atoms with E-state index in [-0.39, 0.29) is 5.91 Å². The maximum Gasteiger partial charge on any atom is 0.255 e. The van der Waals surface area contributed by atoms with Crippen molar-refractivity contribution in [1.82, 2.24) is 15.2 Å². The van der Waals surface area contributed by atoms with Crippen molar-refractivity contribution in [2.75, 3.05) is 26.2 Å². The number of aromatic nitrogens is 1. The van der Waals surface area contributed by atoms with Gasteiger partial charge in [0.15, 0.2) is 0 Å². The molecule has 0 saturated carbocycles. The lowest BCUT2D eigenvalue weighted by molar-refractivity contribution is 0.0947. The number of amides is 1. The molecule has 1 N–H and O–H groups in total. The monoisotopic (exact) mass is 373 g/mol. The molecule has 1 aliphatic heterocycles. The molecule has 140 valence electrons. The maximum atomic E-state index is 12.5. The Morgan fingerprint density at radius 1 is 1.19 bits per heavy atom. The minimum Gasteiger partial charge on any atom is -0.486 e. The molecule has 0 aliphatic carbocycles. The first-order valence-corrected chi connectivity index (χ1v) is 10.4. The smallest absolute Gasteiger partial charge is 0.255 e. The van der Waals surface area contributed by atoms with Gasteiger partial charge in [0, 0.05) is 11.9 Å². The molecule has 2 aromatic rings. The molecule has 1 aromatic carbocycles. The Bertz CT molecular complexity index is 667. The van der Waals surface area contributed by atoms with Crippen LogP contribution >= 0.6 is 11.3 Å². The number of rotatable bonds is 8. The van der Waals surface area contributed by atoms with E-state index in [4.69, 9.17) is 4.74 Å². The lowest BCUT2D eigenvalue weighted by Gasteiger charge is -2.19. The molecule has 0 atom stereocenters. The summed E-state index contributed by atoms with van der Waals surface area (Å²) < 4.78 is 5.79. The first kappa shape index (κ1) is 18.9. The zero-order valence-electron chi connectivity index (χ0n) is 15.2. The van der Waals surface area contributed by atoms with Gasteiger partial charge in [-0.2, -0.15) is 0 Å². The summed E-state index contributed by atoms with van der Waals surface area (Å²) in [6.07, 6.45) is 6.29. The molecule has 0 unspecified atom stereocenters. The van der Waals surface area contributed by atoms with Crippen molar-refractivity contribution in [1.29, 1.82) is 0 Å². The van der Waals surface area contributed by atoms with Gasteiger partial charge in [0.25, 0.3) is 5.91 Å². The molecule has 1 amide bonds. The highest BCUT2D eigenvalue weighted by Gasteiger charge is 2.13. The van der Waals surface area contributed by atoms with Gasteiger partial charge >= 0.3 is 0 Å². The van der Waals surface area contributed by atoms with E-state index >= 15 is 0 Å². The molecule has 0 bridgehead atoms. The third kappa shape index (κ3) is 5.81. The van der Waals surface area contributed by atoms with Crippen molar-refractivity contribution >= 4 is 17.2 Å². The van der Waals surface area contributed by atoms with Crippen LogP contribution < -0.4 is 10.1 Å². The first-order valence-electron chi connectivity index (χ1n) is 9.42. The normalized spacial score (nSPS) is 15.4. The molecule has 0 radical (unpaired) electrons. The van der Waals surface area contributed by atoms with Crippen molar-refractivity contribution in [3.8, 4) is 5.75 Å². The van der Waals surface area contributed by atoms with Crippen LogP contribution in [0, 0.1) is 0 Å². The van der Waals surface area contributed by atoms with Gasteiger partial charge in [0.1, 0.15) is 12.4 Å². The molecular weight excluding hydrogens is 346 g/mol. The highest BCUT2D eigenvalue weighted by Crippen LogP contribution is 2.19. The van der Waals surface area contributed by atoms with E-state index in [0.717, 1.165) is 18.7 Å². The number of hydrogen-bond acceptors (Lipinski definition) is 5. The molecule has 0 spiro atoms. The van der Waals surface area contributed by atoms with Gasteiger partial charge in [-0.3, -0.25) is 4.79 Å². The zero-order chi connectivity index (χ0) is 18.0. The second-order valence-electron chi connectivity index (χ2n) is 6.63. The van der Waals surface area contributed by atoms with E-state index in [1.807, 2.05) is 23.6 Å². The SMILES string of the molecule is O=C(NCCCN1CCCCCC1)c1ccccc1OCc1cscn1. The van der Waals surface area contributed by atoms with Gasteiger partial charge in [0.2, 0.25) is 0 Å². The van der Waals surface area contributed by atoms with Crippen LogP contribution in [0.2, 0.25) is 0 Å². The first-order chi connectivity index (χ1) is 12.8. The fourth-order valence-electron chi connectivity index (χ4n) is 3.20. The van der Waals surface area contributed by atoms with Gasteiger partial charge in [0.05, 0.1) is 16.8 Å². The number of carbonyl (C=O) groups excluding carboxylic acids is 1. The Hall–Kier alpha value is -1.92. The van der Waals surface area contributed by atoms with Gasteiger partial charge in [-0.1, -0.05) is 25.0 Å². The fourth-order valence-corrected chi connectivity index (χ4v) is 3.74. The molecule has 6 heteroatoms. The number of nitrogens with one attached hydrogen (secondary N) is 1. The topological polar surface area (TPSA) is 54.5 Å². The summed E-state index contributed by atoms with van der Waals surface area (Å²) in [5, 5.41) is 4.98. The average Bonchev–Trinajstić information content (AvgIpc) is 3.06. The van der Waals surface area contributed by atoms with E-state index < -0.39 is 0 Å². The summed E-state index contributed by atoms with van der Waals surface area (Å²) in [7, 11) is 0. The Labute approximate surface area is 159 Å². The minimum atomic E-state index is -0.0743. The number of benzene rings is 1. The molecule has 1 saturated heterocycles. The molecule has 2 heterocycles. The third-order valence-electron chi connectivity index (χ3n) is 4.63. The molecular formula is C20H27N3O2S. The summed E-state index contributed by atoms with van der Waals surface area (Å²) in [6, 6.07) is 7.38. The predicted octanol–water partition coefficient (Wildman–Crippen LogP) is 3.72. The van der Waals surface area contributed by atoms with E-state index in [9.17, 15) is 4.79 Å². The number of thiazole rings is 1. The molecule has 26 heavy (non-hydrogen) atoms. The Morgan fingerprint density at radius 2 is 2.00 bits per heavy atom. The number of ether oxygens (including phenoxy) is 1. The van der Waals surface area contributed by atoms with Gasteiger partial charge in [-0.05, 0) is 51.0 Å². The Balaban J connectivity index is 1.45. The summed E-state index contributed by atoms with van der Waals surface area (Å²) in [5.74, 6) is 0.528. The molecule has 5 nitrogen and oxygen atoms in total. The summed E-state index contributed by atoms with van der Waals surface area (Å²) in [6.45, 7) is 4.52. The van der Waals surface area contributed by atoms with Crippen LogP contribution in [0.3, 0.4) is 0 Å². The standard InChI is InChI=1S/C20H27N3O2S/c24-20(21-10-7-13-23-11-5-1-2-6-12-23)18-8-3-4-9-19(18)25-14-17-15-26-16-22-17/h3-4,8-9,15-16H,1-2,5-7,10-14H2,(H,21,24). The maximum absolute atomic E-state index is 12.5. The highest BCUT2D eigenvalue weighted by atomic mass is 32.1. The Kier molecular flexibility index (Phi) is 7.46. The van der Waals surface area contributed by atoms with Crippen molar-refractivity contribution < 1.29 is 9.53 Å². The van der Waals surface area contributed by atoms with Crippen molar-refractivity contribution in [2.24, 2.45) is 0 Å². The molecule has 1 aliphatic rings.